The van der Waals surface area contributed by atoms with E-state index in [2.05, 4.69) is 4.90 Å². The summed E-state index contributed by atoms with van der Waals surface area (Å²) >= 11 is 5.97. The fraction of sp³-hybridized carbons (Fsp3) is 0.375. The molecular formula is C24H28ClN3O3S. The van der Waals surface area contributed by atoms with Crippen LogP contribution in [0.4, 0.5) is 5.69 Å². The summed E-state index contributed by atoms with van der Waals surface area (Å²) in [6.07, 6.45) is 2.75. The second kappa shape index (κ2) is 10.1. The van der Waals surface area contributed by atoms with Crippen molar-refractivity contribution >= 4 is 39.3 Å². The van der Waals surface area contributed by atoms with Gasteiger partial charge in [-0.2, -0.15) is 4.31 Å². The Morgan fingerprint density at radius 2 is 1.50 bits per heavy atom. The van der Waals surface area contributed by atoms with E-state index in [1.165, 1.54) is 9.71 Å². The summed E-state index contributed by atoms with van der Waals surface area (Å²) < 4.78 is 26.8. The van der Waals surface area contributed by atoms with Gasteiger partial charge in [-0.15, -0.1) is 0 Å². The average Bonchev–Trinajstić information content (AvgIpc) is 2.84. The molecule has 2 heterocycles. The highest BCUT2D eigenvalue weighted by Gasteiger charge is 2.33. The van der Waals surface area contributed by atoms with Crippen LogP contribution in [0.3, 0.4) is 0 Å². The monoisotopic (exact) mass is 473 g/mol. The van der Waals surface area contributed by atoms with Gasteiger partial charge in [0.1, 0.15) is 0 Å². The summed E-state index contributed by atoms with van der Waals surface area (Å²) in [5.41, 5.74) is 1.96. The van der Waals surface area contributed by atoms with Crippen molar-refractivity contribution in [3.8, 4) is 0 Å². The number of hydrogen-bond donors (Lipinski definition) is 0. The molecule has 0 aromatic heterocycles. The van der Waals surface area contributed by atoms with Crippen molar-refractivity contribution in [2.24, 2.45) is 5.92 Å². The fourth-order valence-corrected chi connectivity index (χ4v) is 5.61. The van der Waals surface area contributed by atoms with Crippen LogP contribution >= 0.6 is 11.6 Å². The zero-order valence-electron chi connectivity index (χ0n) is 17.9. The summed E-state index contributed by atoms with van der Waals surface area (Å²) in [5.74, 6) is 0.0410. The number of rotatable bonds is 5. The van der Waals surface area contributed by atoms with Crippen LogP contribution in [-0.4, -0.2) is 62.8 Å². The normalized spacial score (nSPS) is 18.9. The zero-order valence-corrected chi connectivity index (χ0v) is 19.5. The third kappa shape index (κ3) is 5.52. The van der Waals surface area contributed by atoms with Gasteiger partial charge in [-0.05, 0) is 48.7 Å². The Labute approximate surface area is 195 Å². The number of amides is 1. The maximum Gasteiger partial charge on any atom is 0.236 e. The van der Waals surface area contributed by atoms with Crippen LogP contribution in [0.15, 0.2) is 60.0 Å². The van der Waals surface area contributed by atoms with E-state index >= 15 is 0 Å². The van der Waals surface area contributed by atoms with Crippen molar-refractivity contribution in [3.63, 3.8) is 0 Å². The number of piperazine rings is 1. The van der Waals surface area contributed by atoms with Crippen LogP contribution in [0.1, 0.15) is 18.4 Å². The first-order valence-corrected chi connectivity index (χ1v) is 12.8. The van der Waals surface area contributed by atoms with Crippen molar-refractivity contribution in [2.45, 2.75) is 12.8 Å². The van der Waals surface area contributed by atoms with Gasteiger partial charge in [0.25, 0.3) is 0 Å². The molecule has 32 heavy (non-hydrogen) atoms. The fourth-order valence-electron chi connectivity index (χ4n) is 4.27. The summed E-state index contributed by atoms with van der Waals surface area (Å²) in [4.78, 5) is 17.2. The summed E-state index contributed by atoms with van der Waals surface area (Å²) in [5, 5.41) is 1.98. The van der Waals surface area contributed by atoms with Gasteiger partial charge in [0.15, 0.2) is 0 Å². The van der Waals surface area contributed by atoms with E-state index in [1.807, 2.05) is 59.5 Å². The number of nitrogens with zero attached hydrogens (tertiary/aromatic N) is 3. The van der Waals surface area contributed by atoms with E-state index in [0.29, 0.717) is 44.0 Å². The van der Waals surface area contributed by atoms with E-state index in [4.69, 9.17) is 11.6 Å². The Balaban J connectivity index is 1.27. The van der Waals surface area contributed by atoms with E-state index < -0.39 is 10.0 Å². The summed E-state index contributed by atoms with van der Waals surface area (Å²) in [7, 11) is -3.48. The molecule has 0 N–H and O–H groups in total. The highest BCUT2D eigenvalue weighted by molar-refractivity contribution is 7.92. The molecule has 0 atom stereocenters. The number of carbonyl (C=O) groups excluding carboxylic acids is 1. The first-order chi connectivity index (χ1) is 15.4. The molecule has 2 saturated heterocycles. The molecule has 1 amide bonds. The molecule has 2 fully saturated rings. The number of halogens is 1. The van der Waals surface area contributed by atoms with Crippen molar-refractivity contribution in [1.82, 2.24) is 9.21 Å². The molecule has 0 saturated carbocycles. The van der Waals surface area contributed by atoms with Gasteiger partial charge in [-0.25, -0.2) is 8.42 Å². The van der Waals surface area contributed by atoms with Crippen molar-refractivity contribution < 1.29 is 13.2 Å². The van der Waals surface area contributed by atoms with E-state index in [9.17, 15) is 13.2 Å². The van der Waals surface area contributed by atoms with Gasteiger partial charge < -0.3 is 9.80 Å². The number of piperidine rings is 1. The molecular weight excluding hydrogens is 446 g/mol. The quantitative estimate of drug-likeness (QED) is 0.664. The maximum atomic E-state index is 13.0. The number of sulfonamides is 1. The molecule has 2 aliphatic rings. The standard InChI is InChI=1S/C24H28ClN3O3S/c25-22-6-8-23(9-7-22)26-15-17-27(18-16-26)24(29)21-10-13-28(14-11-21)32(30,31)19-12-20-4-2-1-3-5-20/h1-9,12,19,21H,10-11,13-18H2. The number of benzene rings is 2. The van der Waals surface area contributed by atoms with Gasteiger partial charge in [0.2, 0.25) is 15.9 Å². The van der Waals surface area contributed by atoms with E-state index in [0.717, 1.165) is 24.3 Å². The van der Waals surface area contributed by atoms with Crippen LogP contribution < -0.4 is 4.90 Å². The van der Waals surface area contributed by atoms with Gasteiger partial charge >= 0.3 is 0 Å². The van der Waals surface area contributed by atoms with Gasteiger partial charge in [0.05, 0.1) is 0 Å². The number of hydrogen-bond acceptors (Lipinski definition) is 4. The second-order valence-electron chi connectivity index (χ2n) is 8.22. The summed E-state index contributed by atoms with van der Waals surface area (Å²) in [6, 6.07) is 17.1. The second-order valence-corrected chi connectivity index (χ2v) is 10.5. The highest BCUT2D eigenvalue weighted by atomic mass is 35.5. The molecule has 0 bridgehead atoms. The van der Waals surface area contributed by atoms with Crippen LogP contribution in [0, 0.1) is 5.92 Å². The van der Waals surface area contributed by atoms with Crippen molar-refractivity contribution in [3.05, 3.63) is 70.6 Å². The van der Waals surface area contributed by atoms with Crippen molar-refractivity contribution in [2.75, 3.05) is 44.2 Å². The Morgan fingerprint density at radius 1 is 0.875 bits per heavy atom. The smallest absolute Gasteiger partial charge is 0.236 e. The number of carbonyl (C=O) groups is 1. The minimum Gasteiger partial charge on any atom is -0.368 e. The molecule has 2 aliphatic heterocycles. The Morgan fingerprint density at radius 3 is 2.12 bits per heavy atom. The van der Waals surface area contributed by atoms with E-state index in [-0.39, 0.29) is 11.8 Å². The van der Waals surface area contributed by atoms with Crippen molar-refractivity contribution in [1.29, 1.82) is 0 Å². The topological polar surface area (TPSA) is 60.9 Å². The first kappa shape index (κ1) is 22.8. The lowest BCUT2D eigenvalue weighted by Gasteiger charge is -2.39. The molecule has 0 radical (unpaired) electrons. The Bertz CT molecular complexity index is 1040. The molecule has 2 aromatic carbocycles. The number of anilines is 1. The average molecular weight is 474 g/mol. The van der Waals surface area contributed by atoms with Gasteiger partial charge in [-0.3, -0.25) is 4.79 Å². The van der Waals surface area contributed by atoms with Gasteiger partial charge in [-0.1, -0.05) is 41.9 Å². The summed E-state index contributed by atoms with van der Waals surface area (Å²) in [6.45, 7) is 3.68. The third-order valence-corrected chi connectivity index (χ3v) is 8.00. The molecule has 6 nitrogen and oxygen atoms in total. The lowest BCUT2D eigenvalue weighted by molar-refractivity contribution is -0.137. The molecule has 2 aromatic rings. The van der Waals surface area contributed by atoms with Gasteiger partial charge in [0, 0.05) is 61.3 Å². The minimum atomic E-state index is -3.48. The molecule has 0 spiro atoms. The Kier molecular flexibility index (Phi) is 7.18. The first-order valence-electron chi connectivity index (χ1n) is 10.9. The predicted octanol–water partition coefficient (Wildman–Crippen LogP) is 3.70. The van der Waals surface area contributed by atoms with Crippen LogP contribution in [0.5, 0.6) is 0 Å². The highest BCUT2D eigenvalue weighted by Crippen LogP contribution is 2.25. The zero-order chi connectivity index (χ0) is 22.6. The Hall–Kier alpha value is -2.35. The van der Waals surface area contributed by atoms with Crippen LogP contribution in [0.25, 0.3) is 6.08 Å². The lowest BCUT2D eigenvalue weighted by Crippen LogP contribution is -2.52. The van der Waals surface area contributed by atoms with Crippen LogP contribution in [0.2, 0.25) is 5.02 Å². The molecule has 8 heteroatoms. The van der Waals surface area contributed by atoms with Crippen LogP contribution in [-0.2, 0) is 14.8 Å². The minimum absolute atomic E-state index is 0.110. The predicted molar refractivity (Wildman–Crippen MR) is 129 cm³/mol. The maximum absolute atomic E-state index is 13.0. The molecule has 4 rings (SSSR count). The molecule has 0 unspecified atom stereocenters. The largest absolute Gasteiger partial charge is 0.368 e. The SMILES string of the molecule is O=C(C1CCN(S(=O)(=O)C=Cc2ccccc2)CC1)N1CCN(c2ccc(Cl)cc2)CC1. The lowest BCUT2D eigenvalue weighted by atomic mass is 9.96. The molecule has 170 valence electrons. The third-order valence-electron chi connectivity index (χ3n) is 6.18. The van der Waals surface area contributed by atoms with E-state index in [1.54, 1.807) is 6.08 Å². The molecule has 0 aliphatic carbocycles.